The van der Waals surface area contributed by atoms with Gasteiger partial charge in [0.25, 0.3) is 0 Å². The lowest BCUT2D eigenvalue weighted by Gasteiger charge is -2.61. The largest absolute Gasteiger partial charge is 0.472 e. The van der Waals surface area contributed by atoms with Crippen molar-refractivity contribution in [2.45, 2.75) is 71.5 Å². The molecule has 3 fully saturated rings. The lowest BCUT2D eigenvalue weighted by molar-refractivity contribution is -0.213. The van der Waals surface area contributed by atoms with Crippen molar-refractivity contribution in [3.05, 3.63) is 24.2 Å². The highest BCUT2D eigenvalue weighted by atomic mass is 16.7. The van der Waals surface area contributed by atoms with Crippen molar-refractivity contribution in [2.24, 2.45) is 28.6 Å². The van der Waals surface area contributed by atoms with Crippen LogP contribution in [0.1, 0.15) is 71.0 Å². The maximum atomic E-state index is 14.0. The summed E-state index contributed by atoms with van der Waals surface area (Å²) >= 11 is 0. The number of furan rings is 1. The molecule has 3 aliphatic rings. The minimum atomic E-state index is -0.787. The van der Waals surface area contributed by atoms with Gasteiger partial charge >= 0.3 is 11.9 Å². The molecule has 8 heteroatoms. The molecule has 0 bridgehead atoms. The van der Waals surface area contributed by atoms with Gasteiger partial charge in [-0.25, -0.2) is 0 Å². The second-order valence-corrected chi connectivity index (χ2v) is 10.5. The standard InChI is InChI=1S/C26H36O8/c1-5-6-10-32-15-33-19-12-18(23(28)30-4)25(2)9-7-17-24(29)34-20(16-8-11-31-14-16)13-26(17,3)22(25)21(19)27/h8,11,14,17-20,22H,5-7,9-10,12-13,15H2,1-4H3. The van der Waals surface area contributed by atoms with Crippen LogP contribution < -0.4 is 0 Å². The van der Waals surface area contributed by atoms with Crippen LogP contribution in [0, 0.1) is 28.6 Å². The van der Waals surface area contributed by atoms with E-state index in [2.05, 4.69) is 6.92 Å². The Bertz CT molecular complexity index is 895. The molecule has 7 unspecified atom stereocenters. The van der Waals surface area contributed by atoms with E-state index in [1.54, 1.807) is 18.6 Å². The average molecular weight is 477 g/mol. The van der Waals surface area contributed by atoms with Gasteiger partial charge in [0.05, 0.1) is 31.5 Å². The molecule has 34 heavy (non-hydrogen) atoms. The van der Waals surface area contributed by atoms with Crippen LogP contribution in [-0.4, -0.2) is 44.3 Å². The Hall–Kier alpha value is -2.19. The molecule has 0 amide bonds. The number of Topliss-reactive ketones (excluding diaryl/α,β-unsaturated/α-hetero) is 1. The smallest absolute Gasteiger partial charge is 0.310 e. The van der Waals surface area contributed by atoms with E-state index in [4.69, 9.17) is 23.4 Å². The van der Waals surface area contributed by atoms with Crippen LogP contribution in [-0.2, 0) is 33.3 Å². The zero-order valence-corrected chi connectivity index (χ0v) is 20.5. The molecule has 0 radical (unpaired) electrons. The van der Waals surface area contributed by atoms with Crippen LogP contribution in [0.2, 0.25) is 0 Å². The van der Waals surface area contributed by atoms with Gasteiger partial charge in [0.1, 0.15) is 19.0 Å². The lowest BCUT2D eigenvalue weighted by atomic mass is 9.43. The fraction of sp³-hybridized carbons (Fsp3) is 0.731. The fourth-order valence-corrected chi connectivity index (χ4v) is 6.74. The zero-order chi connectivity index (χ0) is 24.5. The van der Waals surface area contributed by atoms with Crippen LogP contribution in [0.3, 0.4) is 0 Å². The summed E-state index contributed by atoms with van der Waals surface area (Å²) in [6.07, 6.45) is 5.59. The summed E-state index contributed by atoms with van der Waals surface area (Å²) in [7, 11) is 1.38. The van der Waals surface area contributed by atoms with Gasteiger partial charge in [0.15, 0.2) is 5.78 Å². The van der Waals surface area contributed by atoms with E-state index in [1.807, 2.05) is 13.8 Å². The summed E-state index contributed by atoms with van der Waals surface area (Å²) in [4.78, 5) is 40.1. The van der Waals surface area contributed by atoms with Crippen LogP contribution >= 0.6 is 0 Å². The Morgan fingerprint density at radius 2 is 2.03 bits per heavy atom. The minimum absolute atomic E-state index is 0.00639. The summed E-state index contributed by atoms with van der Waals surface area (Å²) in [6, 6.07) is 1.78. The molecule has 188 valence electrons. The highest BCUT2D eigenvalue weighted by Gasteiger charge is 2.67. The first-order valence-electron chi connectivity index (χ1n) is 12.3. The Balaban J connectivity index is 1.67. The van der Waals surface area contributed by atoms with Gasteiger partial charge in [-0.1, -0.05) is 27.2 Å². The Morgan fingerprint density at radius 3 is 2.71 bits per heavy atom. The molecule has 0 aromatic carbocycles. The number of cyclic esters (lactones) is 1. The Morgan fingerprint density at radius 1 is 1.24 bits per heavy atom. The van der Waals surface area contributed by atoms with Gasteiger partial charge in [-0.15, -0.1) is 0 Å². The molecular weight excluding hydrogens is 440 g/mol. The third-order valence-corrected chi connectivity index (χ3v) is 8.50. The van der Waals surface area contributed by atoms with Crippen molar-refractivity contribution in [3.63, 3.8) is 0 Å². The summed E-state index contributed by atoms with van der Waals surface area (Å²) in [5.41, 5.74) is -0.569. The predicted octanol–water partition coefficient (Wildman–Crippen LogP) is 4.23. The van der Waals surface area contributed by atoms with Crippen LogP contribution in [0.15, 0.2) is 23.0 Å². The van der Waals surface area contributed by atoms with E-state index < -0.39 is 40.8 Å². The third-order valence-electron chi connectivity index (χ3n) is 8.50. The predicted molar refractivity (Wildman–Crippen MR) is 120 cm³/mol. The first kappa shape index (κ1) is 24.9. The average Bonchev–Trinajstić information content (AvgIpc) is 3.34. The van der Waals surface area contributed by atoms with E-state index in [1.165, 1.54) is 7.11 Å². The van der Waals surface area contributed by atoms with E-state index in [-0.39, 0.29) is 30.9 Å². The van der Waals surface area contributed by atoms with Crippen LogP contribution in [0.4, 0.5) is 0 Å². The highest BCUT2D eigenvalue weighted by Crippen LogP contribution is 2.65. The van der Waals surface area contributed by atoms with Crippen molar-refractivity contribution in [1.29, 1.82) is 0 Å². The molecule has 4 rings (SSSR count). The van der Waals surface area contributed by atoms with Gasteiger partial charge in [0.2, 0.25) is 0 Å². The second kappa shape index (κ2) is 9.82. The summed E-state index contributed by atoms with van der Waals surface area (Å²) in [5.74, 6) is -2.18. The molecule has 1 aromatic heterocycles. The Kier molecular flexibility index (Phi) is 7.20. The molecule has 2 heterocycles. The number of methoxy groups -OCH3 is 1. The van der Waals surface area contributed by atoms with Gasteiger partial charge in [-0.05, 0) is 49.0 Å². The first-order chi connectivity index (χ1) is 16.3. The lowest BCUT2D eigenvalue weighted by Crippen LogP contribution is -2.64. The quantitative estimate of drug-likeness (QED) is 0.312. The SMILES string of the molecule is CCCCOCOC1CC(C(=O)OC)C2(C)CCC3C(=O)OC(c4ccoc4)CC3(C)C2C1=O. The molecule has 7 atom stereocenters. The van der Waals surface area contributed by atoms with Gasteiger partial charge < -0.3 is 23.4 Å². The number of fused-ring (bicyclic) bond motifs is 3. The summed E-state index contributed by atoms with van der Waals surface area (Å²) in [5, 5.41) is 0. The van der Waals surface area contributed by atoms with Gasteiger partial charge in [-0.3, -0.25) is 14.4 Å². The van der Waals surface area contributed by atoms with Gasteiger partial charge in [-0.2, -0.15) is 0 Å². The van der Waals surface area contributed by atoms with Crippen molar-refractivity contribution in [2.75, 3.05) is 20.5 Å². The fourth-order valence-electron chi connectivity index (χ4n) is 6.74. The van der Waals surface area contributed by atoms with E-state index in [0.717, 1.165) is 18.4 Å². The maximum absolute atomic E-state index is 14.0. The molecule has 8 nitrogen and oxygen atoms in total. The van der Waals surface area contributed by atoms with E-state index in [0.29, 0.717) is 25.9 Å². The molecule has 0 spiro atoms. The molecule has 1 aliphatic heterocycles. The number of hydrogen-bond donors (Lipinski definition) is 0. The number of hydrogen-bond acceptors (Lipinski definition) is 8. The van der Waals surface area contributed by atoms with Gasteiger partial charge in [0, 0.05) is 18.1 Å². The molecular formula is C26H36O8. The second-order valence-electron chi connectivity index (χ2n) is 10.5. The molecule has 2 saturated carbocycles. The van der Waals surface area contributed by atoms with Crippen molar-refractivity contribution in [1.82, 2.24) is 0 Å². The van der Waals surface area contributed by atoms with Crippen molar-refractivity contribution >= 4 is 17.7 Å². The zero-order valence-electron chi connectivity index (χ0n) is 20.5. The molecule has 1 aromatic rings. The Labute approximate surface area is 200 Å². The molecule has 1 saturated heterocycles. The van der Waals surface area contributed by atoms with Crippen LogP contribution in [0.5, 0.6) is 0 Å². The van der Waals surface area contributed by atoms with E-state index in [9.17, 15) is 14.4 Å². The molecule has 0 N–H and O–H groups in total. The highest BCUT2D eigenvalue weighted by molar-refractivity contribution is 5.92. The molecule has 2 aliphatic carbocycles. The minimum Gasteiger partial charge on any atom is -0.472 e. The van der Waals surface area contributed by atoms with Crippen molar-refractivity contribution in [3.8, 4) is 0 Å². The van der Waals surface area contributed by atoms with Crippen LogP contribution in [0.25, 0.3) is 0 Å². The number of ether oxygens (including phenoxy) is 4. The number of unbranched alkanes of at least 4 members (excludes halogenated alkanes) is 1. The topological polar surface area (TPSA) is 101 Å². The number of carbonyl (C=O) groups is 3. The maximum Gasteiger partial charge on any atom is 0.310 e. The number of carbonyl (C=O) groups excluding carboxylic acids is 3. The van der Waals surface area contributed by atoms with E-state index >= 15 is 0 Å². The number of esters is 2. The number of rotatable bonds is 8. The number of ketones is 1. The summed E-state index contributed by atoms with van der Waals surface area (Å²) in [6.45, 7) is 6.62. The first-order valence-corrected chi connectivity index (χ1v) is 12.3. The van der Waals surface area contributed by atoms with Crippen molar-refractivity contribution < 1.29 is 37.7 Å². The normalized spacial score (nSPS) is 37.5. The monoisotopic (exact) mass is 476 g/mol. The summed E-state index contributed by atoms with van der Waals surface area (Å²) < 4.78 is 27.6. The third kappa shape index (κ3) is 4.19.